The van der Waals surface area contributed by atoms with Gasteiger partial charge in [-0.3, -0.25) is 9.00 Å². The van der Waals surface area contributed by atoms with Crippen LogP contribution in [0.15, 0.2) is 59.5 Å². The number of carbonyl (C=O) groups is 1. The van der Waals surface area contributed by atoms with Crippen LogP contribution in [0.1, 0.15) is 37.7 Å². The molecule has 2 aromatic carbocycles. The van der Waals surface area contributed by atoms with Crippen molar-refractivity contribution in [3.8, 4) is 0 Å². The number of nitrogens with one attached hydrogen (secondary N) is 1. The van der Waals surface area contributed by atoms with Crippen molar-refractivity contribution < 1.29 is 9.00 Å². The van der Waals surface area contributed by atoms with E-state index in [1.54, 1.807) is 0 Å². The summed E-state index contributed by atoms with van der Waals surface area (Å²) >= 11 is 0. The monoisotopic (exact) mass is 356 g/mol. The van der Waals surface area contributed by atoms with E-state index >= 15 is 0 Å². The van der Waals surface area contributed by atoms with Crippen molar-refractivity contribution >= 4 is 22.4 Å². The number of hydrogen-bond acceptors (Lipinski definition) is 3. The van der Waals surface area contributed by atoms with Crippen molar-refractivity contribution in [1.82, 2.24) is 0 Å². The summed E-state index contributed by atoms with van der Waals surface area (Å²) in [6.07, 6.45) is 4.61. The first-order chi connectivity index (χ1) is 12.1. The molecule has 0 aromatic heterocycles. The molecule has 0 bridgehead atoms. The normalized spacial score (nSPS) is 17.6. The van der Waals surface area contributed by atoms with Crippen molar-refractivity contribution in [2.24, 2.45) is 5.73 Å². The molecule has 1 fully saturated rings. The largest absolute Gasteiger partial charge is 0.324 e. The van der Waals surface area contributed by atoms with Crippen molar-refractivity contribution in [3.05, 3.63) is 60.2 Å². The van der Waals surface area contributed by atoms with Crippen LogP contribution in [0.5, 0.6) is 0 Å². The predicted molar refractivity (Wildman–Crippen MR) is 102 cm³/mol. The van der Waals surface area contributed by atoms with Crippen LogP contribution in [0.25, 0.3) is 0 Å². The summed E-state index contributed by atoms with van der Waals surface area (Å²) in [6.45, 7) is 0. The topological polar surface area (TPSA) is 72.2 Å². The standard InChI is InChI=1S/C20H24N2O2S/c21-20(12-5-2-6-13-20)19(23)22-17-9-7-8-16(14-17)15-25(24)18-10-3-1-4-11-18/h1,3-4,7-11,14H,2,5-6,12-13,15,21H2,(H,22,23). The number of nitrogens with two attached hydrogens (primary N) is 1. The van der Waals surface area contributed by atoms with Gasteiger partial charge in [0.2, 0.25) is 5.91 Å². The van der Waals surface area contributed by atoms with Gasteiger partial charge in [0.15, 0.2) is 0 Å². The molecule has 0 radical (unpaired) electrons. The minimum atomic E-state index is -1.11. The van der Waals surface area contributed by atoms with Gasteiger partial charge in [-0.1, -0.05) is 49.6 Å². The quantitative estimate of drug-likeness (QED) is 0.860. The molecule has 25 heavy (non-hydrogen) atoms. The molecule has 2 aromatic rings. The third-order valence-electron chi connectivity index (χ3n) is 4.69. The summed E-state index contributed by atoms with van der Waals surface area (Å²) in [5, 5.41) is 2.94. The Morgan fingerprint density at radius 3 is 2.48 bits per heavy atom. The summed E-state index contributed by atoms with van der Waals surface area (Å²) in [4.78, 5) is 13.4. The van der Waals surface area contributed by atoms with Crippen LogP contribution < -0.4 is 11.1 Å². The average molecular weight is 356 g/mol. The van der Waals surface area contributed by atoms with E-state index in [1.807, 2.05) is 54.6 Å². The maximum atomic E-state index is 12.5. The van der Waals surface area contributed by atoms with Gasteiger partial charge in [0, 0.05) is 10.6 Å². The molecule has 0 heterocycles. The number of carbonyl (C=O) groups excluding carboxylic acids is 1. The molecule has 5 heteroatoms. The lowest BCUT2D eigenvalue weighted by atomic mass is 9.82. The predicted octanol–water partition coefficient (Wildman–Crippen LogP) is 3.59. The van der Waals surface area contributed by atoms with Crippen LogP contribution >= 0.6 is 0 Å². The molecular weight excluding hydrogens is 332 g/mol. The number of rotatable bonds is 5. The zero-order chi connectivity index (χ0) is 17.7. The zero-order valence-electron chi connectivity index (χ0n) is 14.2. The summed E-state index contributed by atoms with van der Waals surface area (Å²) in [6, 6.07) is 16.9. The molecule has 3 N–H and O–H groups in total. The highest BCUT2D eigenvalue weighted by Crippen LogP contribution is 2.27. The maximum Gasteiger partial charge on any atom is 0.244 e. The number of anilines is 1. The third-order valence-corrected chi connectivity index (χ3v) is 6.08. The third kappa shape index (κ3) is 4.55. The first kappa shape index (κ1) is 17.8. The van der Waals surface area contributed by atoms with Crippen LogP contribution in [0.3, 0.4) is 0 Å². The molecule has 1 amide bonds. The second kappa shape index (κ2) is 7.93. The first-order valence-corrected chi connectivity index (χ1v) is 10.0. The molecule has 0 saturated heterocycles. The summed E-state index contributed by atoms with van der Waals surface area (Å²) in [5.74, 6) is 0.301. The van der Waals surface area contributed by atoms with Gasteiger partial charge < -0.3 is 11.1 Å². The van der Waals surface area contributed by atoms with Crippen molar-refractivity contribution in [3.63, 3.8) is 0 Å². The maximum absolute atomic E-state index is 12.5. The van der Waals surface area contributed by atoms with Gasteiger partial charge in [-0.15, -0.1) is 0 Å². The van der Waals surface area contributed by atoms with E-state index in [4.69, 9.17) is 5.73 Å². The SMILES string of the molecule is NC1(C(=O)Nc2cccc(CS(=O)c3ccccc3)c2)CCCCC1. The Kier molecular flexibility index (Phi) is 5.66. The Hall–Kier alpha value is -1.98. The molecule has 0 aliphatic heterocycles. The van der Waals surface area contributed by atoms with Crippen LogP contribution in [0, 0.1) is 0 Å². The highest BCUT2D eigenvalue weighted by molar-refractivity contribution is 7.84. The molecule has 1 saturated carbocycles. The van der Waals surface area contributed by atoms with E-state index in [1.165, 1.54) is 0 Å². The van der Waals surface area contributed by atoms with Gasteiger partial charge in [0.25, 0.3) is 0 Å². The molecule has 3 rings (SSSR count). The zero-order valence-corrected chi connectivity index (χ0v) is 15.1. The Balaban J connectivity index is 1.67. The number of hydrogen-bond donors (Lipinski definition) is 2. The average Bonchev–Trinajstić information content (AvgIpc) is 2.63. The molecule has 0 spiro atoms. The van der Waals surface area contributed by atoms with Gasteiger partial charge in [0.1, 0.15) is 0 Å². The van der Waals surface area contributed by atoms with Gasteiger partial charge >= 0.3 is 0 Å². The van der Waals surface area contributed by atoms with Crippen molar-refractivity contribution in [1.29, 1.82) is 0 Å². The number of benzene rings is 2. The smallest absolute Gasteiger partial charge is 0.244 e. The Morgan fingerprint density at radius 2 is 1.76 bits per heavy atom. The van der Waals surface area contributed by atoms with Crippen molar-refractivity contribution in [2.75, 3.05) is 5.32 Å². The summed E-state index contributed by atoms with van der Waals surface area (Å²) in [7, 11) is -1.11. The lowest BCUT2D eigenvalue weighted by molar-refractivity contribution is -0.122. The van der Waals surface area contributed by atoms with Crippen LogP contribution in [0.2, 0.25) is 0 Å². The Bertz CT molecular complexity index is 755. The van der Waals surface area contributed by atoms with Gasteiger partial charge in [0.05, 0.1) is 22.1 Å². The fourth-order valence-corrected chi connectivity index (χ4v) is 4.32. The first-order valence-electron chi connectivity index (χ1n) is 8.69. The molecule has 1 aliphatic carbocycles. The second-order valence-electron chi connectivity index (χ2n) is 6.67. The molecule has 4 nitrogen and oxygen atoms in total. The lowest BCUT2D eigenvalue weighted by Gasteiger charge is -2.31. The molecule has 132 valence electrons. The van der Waals surface area contributed by atoms with E-state index in [-0.39, 0.29) is 5.91 Å². The second-order valence-corrected chi connectivity index (χ2v) is 8.13. The minimum Gasteiger partial charge on any atom is -0.324 e. The fourth-order valence-electron chi connectivity index (χ4n) is 3.21. The van der Waals surface area contributed by atoms with Gasteiger partial charge in [-0.25, -0.2) is 0 Å². The van der Waals surface area contributed by atoms with E-state index in [2.05, 4.69) is 5.32 Å². The molecule has 1 atom stereocenters. The minimum absolute atomic E-state index is 0.117. The lowest BCUT2D eigenvalue weighted by Crippen LogP contribution is -2.52. The molecule has 1 aliphatic rings. The van der Waals surface area contributed by atoms with Crippen LogP contribution in [0.4, 0.5) is 5.69 Å². The highest BCUT2D eigenvalue weighted by Gasteiger charge is 2.35. The Morgan fingerprint density at radius 1 is 1.04 bits per heavy atom. The highest BCUT2D eigenvalue weighted by atomic mass is 32.2. The van der Waals surface area contributed by atoms with Crippen molar-refractivity contribution in [2.45, 2.75) is 48.3 Å². The fraction of sp³-hybridized carbons (Fsp3) is 0.350. The molecular formula is C20H24N2O2S. The van der Waals surface area contributed by atoms with Crippen LogP contribution in [-0.4, -0.2) is 15.7 Å². The van der Waals surface area contributed by atoms with E-state index in [0.717, 1.165) is 42.6 Å². The van der Waals surface area contributed by atoms with Gasteiger partial charge in [-0.2, -0.15) is 0 Å². The van der Waals surface area contributed by atoms with Crippen LogP contribution in [-0.2, 0) is 21.3 Å². The van der Waals surface area contributed by atoms with Gasteiger partial charge in [-0.05, 0) is 42.7 Å². The number of amides is 1. The Labute approximate surface area is 151 Å². The van der Waals surface area contributed by atoms with E-state index in [9.17, 15) is 9.00 Å². The van der Waals surface area contributed by atoms with E-state index in [0.29, 0.717) is 11.4 Å². The van der Waals surface area contributed by atoms with E-state index < -0.39 is 16.3 Å². The molecule has 1 unspecified atom stereocenters. The summed E-state index contributed by atoms with van der Waals surface area (Å²) < 4.78 is 12.4. The summed E-state index contributed by atoms with van der Waals surface area (Å²) in [5.41, 5.74) is 7.16.